The maximum absolute atomic E-state index is 12.5. The van der Waals surface area contributed by atoms with Crippen molar-refractivity contribution in [1.82, 2.24) is 15.3 Å². The first-order valence-electron chi connectivity index (χ1n) is 10.7. The fraction of sp³-hybridized carbons (Fsp3) is 0.280. The standard InChI is InChI=1S/C25H25N3O4/c1-15-12-21-16(25(2,3)10-11-30-21)13-20(15)32-23-9-8-19(31-23)24(29)26-14-22-27-17-6-4-5-7-18(17)28-22/h4-9,12-13H,10-11,14H2,1-3H3,(H,26,29)(H,27,28). The second-order valence-corrected chi connectivity index (χ2v) is 8.70. The summed E-state index contributed by atoms with van der Waals surface area (Å²) in [6.07, 6.45) is 0.943. The zero-order valence-corrected chi connectivity index (χ0v) is 18.3. The summed E-state index contributed by atoms with van der Waals surface area (Å²) in [6, 6.07) is 15.0. The van der Waals surface area contributed by atoms with Crippen LogP contribution < -0.4 is 14.8 Å². The number of hydrogen-bond donors (Lipinski definition) is 2. The number of nitrogens with zero attached hydrogens (tertiary/aromatic N) is 1. The number of imidazole rings is 1. The van der Waals surface area contributed by atoms with Crippen molar-refractivity contribution in [3.63, 3.8) is 0 Å². The van der Waals surface area contributed by atoms with Gasteiger partial charge in [-0.05, 0) is 54.7 Å². The van der Waals surface area contributed by atoms with E-state index < -0.39 is 0 Å². The Morgan fingerprint density at radius 1 is 1.22 bits per heavy atom. The van der Waals surface area contributed by atoms with E-state index in [1.165, 1.54) is 0 Å². The molecule has 0 bridgehead atoms. The highest BCUT2D eigenvalue weighted by atomic mass is 16.6. The maximum Gasteiger partial charge on any atom is 0.290 e. The molecular formula is C25H25N3O4. The van der Waals surface area contributed by atoms with Gasteiger partial charge in [0.1, 0.15) is 17.3 Å². The average molecular weight is 431 g/mol. The van der Waals surface area contributed by atoms with Gasteiger partial charge in [0.05, 0.1) is 24.2 Å². The molecule has 164 valence electrons. The van der Waals surface area contributed by atoms with Gasteiger partial charge in [-0.2, -0.15) is 0 Å². The van der Waals surface area contributed by atoms with Gasteiger partial charge >= 0.3 is 0 Å². The van der Waals surface area contributed by atoms with E-state index in [2.05, 4.69) is 29.1 Å². The Labute approximate surface area is 185 Å². The van der Waals surface area contributed by atoms with Crippen LogP contribution in [0.5, 0.6) is 17.4 Å². The van der Waals surface area contributed by atoms with Crippen LogP contribution >= 0.6 is 0 Å². The normalized spacial score (nSPS) is 14.6. The third-order valence-corrected chi connectivity index (χ3v) is 5.86. The number of carbonyl (C=O) groups is 1. The highest BCUT2D eigenvalue weighted by Gasteiger charge is 2.30. The molecule has 0 radical (unpaired) electrons. The average Bonchev–Trinajstić information content (AvgIpc) is 3.39. The largest absolute Gasteiger partial charge is 0.493 e. The molecule has 7 heteroatoms. The van der Waals surface area contributed by atoms with Gasteiger partial charge in [-0.1, -0.05) is 26.0 Å². The minimum absolute atomic E-state index is 0.00422. The predicted molar refractivity (Wildman–Crippen MR) is 120 cm³/mol. The van der Waals surface area contributed by atoms with E-state index in [-0.39, 0.29) is 29.6 Å². The van der Waals surface area contributed by atoms with Crippen molar-refractivity contribution >= 4 is 16.9 Å². The van der Waals surface area contributed by atoms with Gasteiger partial charge in [0.25, 0.3) is 11.9 Å². The Balaban J connectivity index is 1.28. The number of aryl methyl sites for hydroxylation is 1. The minimum atomic E-state index is -0.336. The van der Waals surface area contributed by atoms with Gasteiger partial charge in [-0.3, -0.25) is 4.79 Å². The lowest BCUT2D eigenvalue weighted by atomic mass is 9.79. The molecule has 2 aromatic carbocycles. The van der Waals surface area contributed by atoms with Crippen LogP contribution in [0.25, 0.3) is 11.0 Å². The van der Waals surface area contributed by atoms with Gasteiger partial charge in [0.2, 0.25) is 0 Å². The molecule has 7 nitrogen and oxygen atoms in total. The van der Waals surface area contributed by atoms with Crippen LogP contribution in [-0.2, 0) is 12.0 Å². The third kappa shape index (κ3) is 3.82. The van der Waals surface area contributed by atoms with E-state index in [0.29, 0.717) is 18.2 Å². The molecule has 2 N–H and O–H groups in total. The van der Waals surface area contributed by atoms with Crippen molar-refractivity contribution in [2.24, 2.45) is 0 Å². The molecule has 4 aromatic rings. The van der Waals surface area contributed by atoms with E-state index in [0.717, 1.165) is 34.3 Å². The molecule has 0 saturated heterocycles. The van der Waals surface area contributed by atoms with E-state index in [1.807, 2.05) is 43.3 Å². The highest BCUT2D eigenvalue weighted by Crippen LogP contribution is 2.42. The number of benzene rings is 2. The molecule has 3 heterocycles. The van der Waals surface area contributed by atoms with Crippen LogP contribution in [0.2, 0.25) is 0 Å². The van der Waals surface area contributed by atoms with Gasteiger partial charge in [-0.15, -0.1) is 0 Å². The number of carbonyl (C=O) groups excluding carboxylic acids is 1. The molecule has 0 fully saturated rings. The Bertz CT molecular complexity index is 1270. The first-order valence-corrected chi connectivity index (χ1v) is 10.7. The Morgan fingerprint density at radius 2 is 2.06 bits per heavy atom. The van der Waals surface area contributed by atoms with Gasteiger partial charge in [0, 0.05) is 11.6 Å². The zero-order chi connectivity index (χ0) is 22.3. The van der Waals surface area contributed by atoms with Crippen molar-refractivity contribution in [3.8, 4) is 17.4 Å². The number of rotatable bonds is 5. The number of amides is 1. The number of ether oxygens (including phenoxy) is 2. The van der Waals surface area contributed by atoms with E-state index >= 15 is 0 Å². The monoisotopic (exact) mass is 431 g/mol. The fourth-order valence-corrected chi connectivity index (χ4v) is 3.92. The van der Waals surface area contributed by atoms with Crippen LogP contribution in [0.15, 0.2) is 52.9 Å². The number of aromatic amines is 1. The predicted octanol–water partition coefficient (Wildman–Crippen LogP) is 5.25. The molecule has 0 aliphatic carbocycles. The molecular weight excluding hydrogens is 406 g/mol. The van der Waals surface area contributed by atoms with Crippen molar-refractivity contribution in [3.05, 3.63) is 71.2 Å². The molecule has 5 rings (SSSR count). The summed E-state index contributed by atoms with van der Waals surface area (Å²) in [5, 5.41) is 2.82. The summed E-state index contributed by atoms with van der Waals surface area (Å²) >= 11 is 0. The maximum atomic E-state index is 12.5. The van der Waals surface area contributed by atoms with Crippen LogP contribution in [0, 0.1) is 6.92 Å². The van der Waals surface area contributed by atoms with Crippen molar-refractivity contribution < 1.29 is 18.7 Å². The quantitative estimate of drug-likeness (QED) is 0.451. The Hall–Kier alpha value is -3.74. The number of para-hydroxylation sites is 2. The first kappa shape index (κ1) is 20.2. The molecule has 1 aliphatic heterocycles. The summed E-state index contributed by atoms with van der Waals surface area (Å²) in [4.78, 5) is 20.2. The van der Waals surface area contributed by atoms with E-state index in [1.54, 1.807) is 12.1 Å². The fourth-order valence-electron chi connectivity index (χ4n) is 3.92. The molecule has 0 unspecified atom stereocenters. The zero-order valence-electron chi connectivity index (χ0n) is 18.3. The van der Waals surface area contributed by atoms with E-state index in [4.69, 9.17) is 13.9 Å². The van der Waals surface area contributed by atoms with Crippen molar-refractivity contribution in [1.29, 1.82) is 0 Å². The molecule has 1 amide bonds. The van der Waals surface area contributed by atoms with E-state index in [9.17, 15) is 4.79 Å². The number of H-pyrrole nitrogens is 1. The number of hydrogen-bond acceptors (Lipinski definition) is 5. The van der Waals surface area contributed by atoms with Crippen LogP contribution in [0.1, 0.15) is 47.8 Å². The molecule has 1 aliphatic rings. The highest BCUT2D eigenvalue weighted by molar-refractivity contribution is 5.91. The van der Waals surface area contributed by atoms with Crippen LogP contribution in [0.4, 0.5) is 0 Å². The topological polar surface area (TPSA) is 89.4 Å². The summed E-state index contributed by atoms with van der Waals surface area (Å²) in [7, 11) is 0. The lowest BCUT2D eigenvalue weighted by Gasteiger charge is -2.33. The van der Waals surface area contributed by atoms with Crippen molar-refractivity contribution in [2.75, 3.05) is 6.61 Å². The number of furan rings is 1. The summed E-state index contributed by atoms with van der Waals surface area (Å²) in [5.74, 6) is 2.36. The molecule has 32 heavy (non-hydrogen) atoms. The van der Waals surface area contributed by atoms with Crippen LogP contribution in [-0.4, -0.2) is 22.5 Å². The van der Waals surface area contributed by atoms with Crippen LogP contribution in [0.3, 0.4) is 0 Å². The summed E-state index contributed by atoms with van der Waals surface area (Å²) in [5.41, 5.74) is 3.84. The lowest BCUT2D eigenvalue weighted by molar-refractivity contribution is 0.0917. The lowest BCUT2D eigenvalue weighted by Crippen LogP contribution is -2.26. The first-order chi connectivity index (χ1) is 15.4. The molecule has 0 spiro atoms. The third-order valence-electron chi connectivity index (χ3n) is 5.86. The summed E-state index contributed by atoms with van der Waals surface area (Å²) in [6.45, 7) is 7.34. The minimum Gasteiger partial charge on any atom is -0.493 e. The van der Waals surface area contributed by atoms with Gasteiger partial charge < -0.3 is 24.2 Å². The number of nitrogens with one attached hydrogen (secondary N) is 2. The molecule has 0 saturated carbocycles. The number of aromatic nitrogens is 2. The second kappa shape index (κ2) is 7.75. The second-order valence-electron chi connectivity index (χ2n) is 8.70. The van der Waals surface area contributed by atoms with Crippen molar-refractivity contribution in [2.45, 2.75) is 39.2 Å². The Morgan fingerprint density at radius 3 is 2.91 bits per heavy atom. The smallest absolute Gasteiger partial charge is 0.290 e. The summed E-state index contributed by atoms with van der Waals surface area (Å²) < 4.78 is 17.5. The molecule has 0 atom stereocenters. The van der Waals surface area contributed by atoms with Gasteiger partial charge in [-0.25, -0.2) is 4.98 Å². The molecule has 2 aromatic heterocycles. The van der Waals surface area contributed by atoms with Gasteiger partial charge in [0.15, 0.2) is 5.76 Å². The SMILES string of the molecule is Cc1cc2c(cc1Oc1ccc(C(=O)NCc3nc4ccccc4[nH]3)o1)C(C)(C)CCO2. The Kier molecular flexibility index (Phi) is 4.89. The number of fused-ring (bicyclic) bond motifs is 2.